The summed E-state index contributed by atoms with van der Waals surface area (Å²) in [6, 6.07) is 3.61. The average molecular weight is 489 g/mol. The van der Waals surface area contributed by atoms with E-state index >= 15 is 0 Å². The Bertz CT molecular complexity index is 914. The highest BCUT2D eigenvalue weighted by Gasteiger charge is 2.52. The van der Waals surface area contributed by atoms with Crippen LogP contribution in [0, 0.1) is 13.8 Å². The number of ether oxygens (including phenoxy) is 2. The molecule has 2 amide bonds. The van der Waals surface area contributed by atoms with Gasteiger partial charge in [-0.2, -0.15) is 0 Å². The normalized spacial score (nSPS) is 18.3. The second-order valence-corrected chi connectivity index (χ2v) is 12.6. The van der Waals surface area contributed by atoms with Crippen LogP contribution in [-0.4, -0.2) is 52.7 Å². The lowest BCUT2D eigenvalue weighted by Gasteiger charge is -2.32. The van der Waals surface area contributed by atoms with Crippen molar-refractivity contribution in [3.05, 3.63) is 28.8 Å². The van der Waals surface area contributed by atoms with E-state index in [-0.39, 0.29) is 0 Å². The zero-order valence-corrected chi connectivity index (χ0v) is 23.9. The van der Waals surface area contributed by atoms with Crippen molar-refractivity contribution in [3.63, 3.8) is 0 Å². The molecule has 0 aliphatic carbocycles. The minimum absolute atomic E-state index is 0.388. The van der Waals surface area contributed by atoms with E-state index in [4.69, 9.17) is 18.8 Å². The van der Waals surface area contributed by atoms with Gasteiger partial charge in [0.2, 0.25) is 0 Å². The first-order chi connectivity index (χ1) is 15.6. The van der Waals surface area contributed by atoms with E-state index in [1.54, 1.807) is 41.5 Å². The van der Waals surface area contributed by atoms with Crippen LogP contribution in [0.3, 0.4) is 0 Å². The van der Waals surface area contributed by atoms with Crippen LogP contribution >= 0.6 is 0 Å². The van der Waals surface area contributed by atoms with E-state index in [0.717, 1.165) is 27.1 Å². The molecule has 0 radical (unpaired) electrons. The van der Waals surface area contributed by atoms with Gasteiger partial charge in [0.15, 0.2) is 0 Å². The third-order valence-corrected chi connectivity index (χ3v) is 6.40. The van der Waals surface area contributed by atoms with Crippen molar-refractivity contribution in [1.82, 2.24) is 4.90 Å². The summed E-state index contributed by atoms with van der Waals surface area (Å²) in [4.78, 5) is 27.3. The Morgan fingerprint density at radius 3 is 1.69 bits per heavy atom. The fourth-order valence-electron chi connectivity index (χ4n) is 3.73. The Kier molecular flexibility index (Phi) is 8.15. The molecule has 1 aliphatic rings. The van der Waals surface area contributed by atoms with Gasteiger partial charge in [0.05, 0.1) is 11.2 Å². The molecule has 1 aromatic carbocycles. The fourth-order valence-corrected chi connectivity index (χ4v) is 3.73. The van der Waals surface area contributed by atoms with Crippen molar-refractivity contribution < 1.29 is 28.4 Å². The Morgan fingerprint density at radius 1 is 0.886 bits per heavy atom. The Hall–Kier alpha value is -2.06. The van der Waals surface area contributed by atoms with Crippen molar-refractivity contribution in [1.29, 1.82) is 0 Å². The first kappa shape index (κ1) is 29.2. The van der Waals surface area contributed by atoms with Crippen molar-refractivity contribution in [2.45, 2.75) is 125 Å². The first-order valence-electron chi connectivity index (χ1n) is 12.3. The molecule has 0 saturated carbocycles. The summed E-state index contributed by atoms with van der Waals surface area (Å²) in [5.74, 6) is 0. The number of carbonyl (C=O) groups excluding carboxylic acids is 2. The van der Waals surface area contributed by atoms with Gasteiger partial charge in [0.1, 0.15) is 11.2 Å². The average Bonchev–Trinajstić information content (AvgIpc) is 2.82. The molecule has 0 spiro atoms. The van der Waals surface area contributed by atoms with Crippen molar-refractivity contribution in [2.24, 2.45) is 0 Å². The molecule has 8 heteroatoms. The Morgan fingerprint density at radius 2 is 1.29 bits per heavy atom. The maximum atomic E-state index is 13.1. The summed E-state index contributed by atoms with van der Waals surface area (Å²) in [5.41, 5.74) is 1.56. The number of aryl methyl sites for hydroxylation is 2. The van der Waals surface area contributed by atoms with Crippen LogP contribution in [0.4, 0.5) is 9.59 Å². The Balaban J connectivity index is 2.45. The molecular weight excluding hydrogens is 445 g/mol. The molecule has 0 aromatic heterocycles. The number of rotatable bonds is 4. The van der Waals surface area contributed by atoms with E-state index in [9.17, 15) is 9.59 Å². The van der Waals surface area contributed by atoms with E-state index in [1.165, 1.54) is 0 Å². The standard InChI is InChI=1S/C27H44BNO6/c1-17-14-20(21(15-18(17)2)28-34-26(10,11)27(12,13)35-28)16-19(3)29(22(30)32-24(4,5)6)23(31)33-25(7,8)9/h14-15,19H,16H2,1-13H3. The smallest absolute Gasteiger partial charge is 0.443 e. The van der Waals surface area contributed by atoms with E-state index in [0.29, 0.717) is 6.42 Å². The molecule has 1 unspecified atom stereocenters. The maximum absolute atomic E-state index is 13.1. The molecule has 0 bridgehead atoms. The van der Waals surface area contributed by atoms with Gasteiger partial charge in [-0.15, -0.1) is 0 Å². The van der Waals surface area contributed by atoms with Gasteiger partial charge in [-0.1, -0.05) is 12.1 Å². The third-order valence-electron chi connectivity index (χ3n) is 6.40. The van der Waals surface area contributed by atoms with Gasteiger partial charge in [-0.05, 0) is 119 Å². The maximum Gasteiger partial charge on any atom is 0.495 e. The molecular formula is C27H44BNO6. The zero-order valence-electron chi connectivity index (χ0n) is 23.9. The molecule has 0 N–H and O–H groups in total. The van der Waals surface area contributed by atoms with Gasteiger partial charge in [-0.25, -0.2) is 14.5 Å². The number of carbonyl (C=O) groups is 2. The SMILES string of the molecule is Cc1cc(CC(C)N(C(=O)OC(C)(C)C)C(=O)OC(C)(C)C)c(B2OC(C)(C)C(C)(C)O2)cc1C. The largest absolute Gasteiger partial charge is 0.495 e. The lowest BCUT2D eigenvalue weighted by molar-refractivity contribution is -0.00570. The number of amides is 2. The summed E-state index contributed by atoms with van der Waals surface area (Å²) < 4.78 is 23.8. The zero-order chi connectivity index (χ0) is 27.1. The molecule has 1 atom stereocenters. The van der Waals surface area contributed by atoms with Gasteiger partial charge in [0, 0.05) is 6.04 Å². The summed E-state index contributed by atoms with van der Waals surface area (Å²) >= 11 is 0. The number of benzene rings is 1. The lowest BCUT2D eigenvalue weighted by Crippen LogP contribution is -2.49. The second-order valence-electron chi connectivity index (χ2n) is 12.6. The molecule has 1 aliphatic heterocycles. The lowest BCUT2D eigenvalue weighted by atomic mass is 9.73. The van der Waals surface area contributed by atoms with Crippen LogP contribution in [0.15, 0.2) is 12.1 Å². The molecule has 196 valence electrons. The van der Waals surface area contributed by atoms with E-state index < -0.39 is 47.8 Å². The second kappa shape index (κ2) is 9.77. The van der Waals surface area contributed by atoms with Crippen molar-refractivity contribution >= 4 is 24.8 Å². The van der Waals surface area contributed by atoms with E-state index in [1.807, 2.05) is 48.5 Å². The molecule has 1 fully saturated rings. The molecule has 1 aromatic rings. The van der Waals surface area contributed by atoms with Crippen LogP contribution in [-0.2, 0) is 25.2 Å². The van der Waals surface area contributed by atoms with Gasteiger partial charge in [0.25, 0.3) is 0 Å². The number of hydrogen-bond donors (Lipinski definition) is 0. The number of imide groups is 1. The highest BCUT2D eigenvalue weighted by atomic mass is 16.7. The monoisotopic (exact) mass is 489 g/mol. The molecule has 35 heavy (non-hydrogen) atoms. The first-order valence-corrected chi connectivity index (χ1v) is 12.3. The minimum Gasteiger partial charge on any atom is -0.443 e. The van der Waals surface area contributed by atoms with Gasteiger partial charge in [-0.3, -0.25) is 0 Å². The fraction of sp³-hybridized carbons (Fsp3) is 0.704. The summed E-state index contributed by atoms with van der Waals surface area (Å²) in [6.45, 7) is 24.6. The molecule has 2 rings (SSSR count). The van der Waals surface area contributed by atoms with Crippen LogP contribution in [0.1, 0.15) is 92.9 Å². The van der Waals surface area contributed by atoms with Crippen LogP contribution in [0.25, 0.3) is 0 Å². The predicted octanol–water partition coefficient (Wildman–Crippen LogP) is 5.71. The predicted molar refractivity (Wildman–Crippen MR) is 139 cm³/mol. The molecule has 1 heterocycles. The number of hydrogen-bond acceptors (Lipinski definition) is 6. The summed E-state index contributed by atoms with van der Waals surface area (Å²) in [7, 11) is -0.557. The van der Waals surface area contributed by atoms with Crippen LogP contribution in [0.2, 0.25) is 0 Å². The van der Waals surface area contributed by atoms with Crippen molar-refractivity contribution in [3.8, 4) is 0 Å². The topological polar surface area (TPSA) is 74.3 Å². The number of nitrogens with zero attached hydrogens (tertiary/aromatic N) is 1. The molecule has 7 nitrogen and oxygen atoms in total. The molecule has 1 saturated heterocycles. The van der Waals surface area contributed by atoms with Gasteiger partial charge >= 0.3 is 19.3 Å². The highest BCUT2D eigenvalue weighted by Crippen LogP contribution is 2.37. The highest BCUT2D eigenvalue weighted by molar-refractivity contribution is 6.62. The van der Waals surface area contributed by atoms with E-state index in [2.05, 4.69) is 12.1 Å². The summed E-state index contributed by atoms with van der Waals surface area (Å²) in [6.07, 6.45) is -1.08. The minimum atomic E-state index is -0.759. The Labute approximate surface area is 212 Å². The van der Waals surface area contributed by atoms with Gasteiger partial charge < -0.3 is 18.8 Å². The van der Waals surface area contributed by atoms with Crippen molar-refractivity contribution in [2.75, 3.05) is 0 Å². The quantitative estimate of drug-likeness (QED) is 0.505. The third kappa shape index (κ3) is 7.23. The van der Waals surface area contributed by atoms with Crippen LogP contribution in [0.5, 0.6) is 0 Å². The van der Waals surface area contributed by atoms with Crippen LogP contribution < -0.4 is 5.46 Å². The summed E-state index contributed by atoms with van der Waals surface area (Å²) in [5, 5.41) is 0.